The third-order valence-electron chi connectivity index (χ3n) is 4.48. The number of aromatic amines is 1. The smallest absolute Gasteiger partial charge is 0.410 e. The molecule has 2 aromatic heterocycles. The van der Waals surface area contributed by atoms with Crippen molar-refractivity contribution in [3.05, 3.63) is 53.2 Å². The van der Waals surface area contributed by atoms with Gasteiger partial charge in [-0.1, -0.05) is 0 Å². The molecule has 1 fully saturated rings. The largest absolute Gasteiger partial charge is 0.444 e. The fraction of sp³-hybridized carbons (Fsp3) is 0.333. The number of halogens is 2. The van der Waals surface area contributed by atoms with E-state index in [9.17, 15) is 13.6 Å². The van der Waals surface area contributed by atoms with E-state index in [0.29, 0.717) is 30.1 Å². The molecule has 1 aliphatic heterocycles. The van der Waals surface area contributed by atoms with Crippen LogP contribution in [0.1, 0.15) is 23.2 Å². The lowest BCUT2D eigenvalue weighted by Crippen LogP contribution is -2.42. The van der Waals surface area contributed by atoms with Crippen LogP contribution in [0.25, 0.3) is 11.2 Å². The molecule has 0 bridgehead atoms. The number of imidazole rings is 1. The summed E-state index contributed by atoms with van der Waals surface area (Å²) in [5.41, 5.74) is 2.08. The lowest BCUT2D eigenvalue weighted by atomic mass is 10.2. The standard InChI is InChI=1S/C18H17F2N5O3/c1-10-15-17(22-9-21-10)24-16(23-15)14-7-25(4-5-27-14)18(26)28-8-11-2-3-12(19)6-13(11)20/h2-3,6,9,14H,4-5,7-8H2,1H3,(H,21,22,23,24)/t14-/m0/s1. The molecular formula is C18H17F2N5O3. The van der Waals surface area contributed by atoms with E-state index >= 15 is 0 Å². The van der Waals surface area contributed by atoms with E-state index < -0.39 is 23.8 Å². The summed E-state index contributed by atoms with van der Waals surface area (Å²) >= 11 is 0. The Labute approximate surface area is 158 Å². The minimum absolute atomic E-state index is 0.103. The van der Waals surface area contributed by atoms with Crippen molar-refractivity contribution in [3.63, 3.8) is 0 Å². The summed E-state index contributed by atoms with van der Waals surface area (Å²) in [7, 11) is 0. The molecule has 3 aromatic rings. The minimum Gasteiger partial charge on any atom is -0.444 e. The van der Waals surface area contributed by atoms with Gasteiger partial charge in [0, 0.05) is 18.2 Å². The number of hydrogen-bond acceptors (Lipinski definition) is 6. The monoisotopic (exact) mass is 389 g/mol. The number of carbonyl (C=O) groups is 1. The molecule has 4 rings (SSSR count). The highest BCUT2D eigenvalue weighted by atomic mass is 19.1. The summed E-state index contributed by atoms with van der Waals surface area (Å²) in [5, 5.41) is 0. The van der Waals surface area contributed by atoms with Crippen LogP contribution in [0.4, 0.5) is 13.6 Å². The number of amides is 1. The molecule has 0 saturated carbocycles. The lowest BCUT2D eigenvalue weighted by Gasteiger charge is -2.31. The van der Waals surface area contributed by atoms with Crippen LogP contribution in [0.2, 0.25) is 0 Å². The highest BCUT2D eigenvalue weighted by Gasteiger charge is 2.29. The molecule has 1 atom stereocenters. The average molecular weight is 389 g/mol. The second kappa shape index (κ2) is 7.47. The van der Waals surface area contributed by atoms with Gasteiger partial charge in [-0.25, -0.2) is 28.5 Å². The Morgan fingerprint density at radius 2 is 2.25 bits per heavy atom. The van der Waals surface area contributed by atoms with E-state index in [1.807, 2.05) is 6.92 Å². The molecule has 10 heteroatoms. The Balaban J connectivity index is 1.42. The van der Waals surface area contributed by atoms with Crippen molar-refractivity contribution >= 4 is 17.3 Å². The number of nitrogens with one attached hydrogen (secondary N) is 1. The first-order valence-electron chi connectivity index (χ1n) is 8.65. The molecule has 28 heavy (non-hydrogen) atoms. The summed E-state index contributed by atoms with van der Waals surface area (Å²) in [6.07, 6.45) is 0.362. The molecule has 146 valence electrons. The molecule has 0 radical (unpaired) electrons. The van der Waals surface area contributed by atoms with E-state index in [1.54, 1.807) is 0 Å². The molecule has 1 aromatic carbocycles. The van der Waals surface area contributed by atoms with Gasteiger partial charge in [-0.2, -0.15) is 0 Å². The summed E-state index contributed by atoms with van der Waals surface area (Å²) in [5.74, 6) is -0.901. The summed E-state index contributed by atoms with van der Waals surface area (Å²) in [6, 6.07) is 3.11. The number of fused-ring (bicyclic) bond motifs is 1. The van der Waals surface area contributed by atoms with Gasteiger partial charge in [0.25, 0.3) is 0 Å². The van der Waals surface area contributed by atoms with Crippen molar-refractivity contribution < 1.29 is 23.0 Å². The van der Waals surface area contributed by atoms with Gasteiger partial charge < -0.3 is 19.4 Å². The number of aromatic nitrogens is 4. The maximum absolute atomic E-state index is 13.7. The van der Waals surface area contributed by atoms with Gasteiger partial charge in [0.05, 0.1) is 18.8 Å². The van der Waals surface area contributed by atoms with Crippen molar-refractivity contribution in [2.24, 2.45) is 0 Å². The Morgan fingerprint density at radius 1 is 1.39 bits per heavy atom. The zero-order chi connectivity index (χ0) is 19.7. The van der Waals surface area contributed by atoms with Gasteiger partial charge in [0.15, 0.2) is 5.65 Å². The molecule has 0 spiro atoms. The van der Waals surface area contributed by atoms with E-state index in [4.69, 9.17) is 9.47 Å². The summed E-state index contributed by atoms with van der Waals surface area (Å²) < 4.78 is 37.5. The van der Waals surface area contributed by atoms with Gasteiger partial charge >= 0.3 is 6.09 Å². The van der Waals surface area contributed by atoms with Crippen LogP contribution < -0.4 is 0 Å². The third kappa shape index (κ3) is 3.63. The van der Waals surface area contributed by atoms with Gasteiger partial charge in [0.1, 0.15) is 42.0 Å². The number of carbonyl (C=O) groups excluding carboxylic acids is 1. The average Bonchev–Trinajstić information content (AvgIpc) is 3.13. The fourth-order valence-corrected chi connectivity index (χ4v) is 2.96. The second-order valence-corrected chi connectivity index (χ2v) is 6.37. The molecule has 1 amide bonds. The number of ether oxygens (including phenoxy) is 2. The predicted octanol–water partition coefficient (Wildman–Crippen LogP) is 2.65. The maximum atomic E-state index is 13.7. The Morgan fingerprint density at radius 3 is 3.04 bits per heavy atom. The number of rotatable bonds is 3. The van der Waals surface area contributed by atoms with Crippen LogP contribution in [-0.4, -0.2) is 50.6 Å². The molecular weight excluding hydrogens is 372 g/mol. The zero-order valence-corrected chi connectivity index (χ0v) is 15.0. The van der Waals surface area contributed by atoms with Crippen molar-refractivity contribution in [2.45, 2.75) is 19.6 Å². The molecule has 1 saturated heterocycles. The van der Waals surface area contributed by atoms with Gasteiger partial charge in [-0.05, 0) is 19.1 Å². The van der Waals surface area contributed by atoms with Gasteiger partial charge in [0.2, 0.25) is 0 Å². The molecule has 8 nitrogen and oxygen atoms in total. The van der Waals surface area contributed by atoms with Crippen LogP contribution in [0, 0.1) is 18.6 Å². The second-order valence-electron chi connectivity index (χ2n) is 6.37. The first-order valence-corrected chi connectivity index (χ1v) is 8.65. The van der Waals surface area contributed by atoms with Crippen molar-refractivity contribution in [1.29, 1.82) is 0 Å². The van der Waals surface area contributed by atoms with E-state index in [-0.39, 0.29) is 18.7 Å². The fourth-order valence-electron chi connectivity index (χ4n) is 2.96. The van der Waals surface area contributed by atoms with Crippen LogP contribution in [-0.2, 0) is 16.1 Å². The first-order chi connectivity index (χ1) is 13.5. The first kappa shape index (κ1) is 18.2. The third-order valence-corrected chi connectivity index (χ3v) is 4.48. The highest BCUT2D eigenvalue weighted by molar-refractivity contribution is 5.72. The van der Waals surface area contributed by atoms with Crippen LogP contribution in [0.3, 0.4) is 0 Å². The predicted molar refractivity (Wildman–Crippen MR) is 93.2 cm³/mol. The van der Waals surface area contributed by atoms with E-state index in [2.05, 4.69) is 19.9 Å². The van der Waals surface area contributed by atoms with Crippen molar-refractivity contribution in [3.8, 4) is 0 Å². The highest BCUT2D eigenvalue weighted by Crippen LogP contribution is 2.23. The topological polar surface area (TPSA) is 93.2 Å². The number of aryl methyl sites for hydroxylation is 1. The van der Waals surface area contributed by atoms with E-state index in [0.717, 1.165) is 17.8 Å². The van der Waals surface area contributed by atoms with Gasteiger partial charge in [-0.15, -0.1) is 0 Å². The number of H-pyrrole nitrogens is 1. The van der Waals surface area contributed by atoms with Gasteiger partial charge in [-0.3, -0.25) is 0 Å². The zero-order valence-electron chi connectivity index (χ0n) is 15.0. The molecule has 3 heterocycles. The quantitative estimate of drug-likeness (QED) is 0.740. The lowest BCUT2D eigenvalue weighted by molar-refractivity contribution is -0.0331. The SMILES string of the molecule is Cc1ncnc2[nH]c([C@@H]3CN(C(=O)OCc4ccc(F)cc4F)CCO3)nc12. The number of morpholine rings is 1. The normalized spacial score (nSPS) is 17.1. The van der Waals surface area contributed by atoms with Crippen LogP contribution >= 0.6 is 0 Å². The molecule has 0 unspecified atom stereocenters. The maximum Gasteiger partial charge on any atom is 0.410 e. The van der Waals surface area contributed by atoms with E-state index in [1.165, 1.54) is 17.3 Å². The van der Waals surface area contributed by atoms with Crippen LogP contribution in [0.5, 0.6) is 0 Å². The number of benzene rings is 1. The number of hydrogen-bond donors (Lipinski definition) is 1. The number of nitrogens with zero attached hydrogens (tertiary/aromatic N) is 4. The molecule has 1 N–H and O–H groups in total. The van der Waals surface area contributed by atoms with Crippen molar-refractivity contribution in [2.75, 3.05) is 19.7 Å². The Bertz CT molecular complexity index is 1030. The molecule has 1 aliphatic rings. The summed E-state index contributed by atoms with van der Waals surface area (Å²) in [4.78, 5) is 29.6. The van der Waals surface area contributed by atoms with Crippen molar-refractivity contribution in [1.82, 2.24) is 24.8 Å². The minimum atomic E-state index is -0.758. The molecule has 0 aliphatic carbocycles. The van der Waals surface area contributed by atoms with Crippen LogP contribution in [0.15, 0.2) is 24.5 Å². The Kier molecular flexibility index (Phi) is 4.86. The summed E-state index contributed by atoms with van der Waals surface area (Å²) in [6.45, 7) is 2.39. The Hall–Kier alpha value is -3.14.